The summed E-state index contributed by atoms with van der Waals surface area (Å²) in [5.74, 6) is 0.0529. The highest BCUT2D eigenvalue weighted by Crippen LogP contribution is 2.23. The minimum absolute atomic E-state index is 0.0529. The van der Waals surface area contributed by atoms with Gasteiger partial charge < -0.3 is 10.0 Å². The molecule has 0 bridgehead atoms. The Bertz CT molecular complexity index is 438. The standard InChI is InChI=1S/C15H21NO2/c1-3-15(18,4-2)11-16-10-9-12-7-5-6-8-13(12)14(16)17/h5-8,18H,3-4,9-11H2,1-2H3. The van der Waals surface area contributed by atoms with Crippen LogP contribution in [0.4, 0.5) is 0 Å². The van der Waals surface area contributed by atoms with Gasteiger partial charge in [-0.1, -0.05) is 32.0 Å². The number of aliphatic hydroxyl groups is 1. The topological polar surface area (TPSA) is 40.5 Å². The summed E-state index contributed by atoms with van der Waals surface area (Å²) in [4.78, 5) is 14.1. The van der Waals surface area contributed by atoms with Crippen molar-refractivity contribution in [2.45, 2.75) is 38.7 Å². The number of rotatable bonds is 4. The van der Waals surface area contributed by atoms with E-state index in [1.807, 2.05) is 38.1 Å². The summed E-state index contributed by atoms with van der Waals surface area (Å²) in [6, 6.07) is 7.75. The molecule has 0 aliphatic carbocycles. The van der Waals surface area contributed by atoms with Gasteiger partial charge in [0.25, 0.3) is 5.91 Å². The zero-order chi connectivity index (χ0) is 13.2. The monoisotopic (exact) mass is 247 g/mol. The smallest absolute Gasteiger partial charge is 0.254 e. The molecule has 1 N–H and O–H groups in total. The first-order chi connectivity index (χ1) is 8.59. The number of amides is 1. The molecule has 1 heterocycles. The summed E-state index contributed by atoms with van der Waals surface area (Å²) < 4.78 is 0. The first kappa shape index (κ1) is 13.1. The molecule has 1 aromatic carbocycles. The van der Waals surface area contributed by atoms with E-state index in [9.17, 15) is 9.90 Å². The van der Waals surface area contributed by atoms with Gasteiger partial charge in [-0.3, -0.25) is 4.79 Å². The van der Waals surface area contributed by atoms with Crippen LogP contribution in [0.25, 0.3) is 0 Å². The molecule has 1 aromatic rings. The zero-order valence-corrected chi connectivity index (χ0v) is 11.1. The van der Waals surface area contributed by atoms with Crippen molar-refractivity contribution in [1.29, 1.82) is 0 Å². The van der Waals surface area contributed by atoms with Crippen LogP contribution in [0.3, 0.4) is 0 Å². The molecule has 0 fully saturated rings. The number of carbonyl (C=O) groups is 1. The first-order valence-electron chi connectivity index (χ1n) is 6.69. The van der Waals surface area contributed by atoms with Crippen LogP contribution in [-0.2, 0) is 6.42 Å². The van der Waals surface area contributed by atoms with Gasteiger partial charge in [-0.2, -0.15) is 0 Å². The Morgan fingerprint density at radius 3 is 2.61 bits per heavy atom. The number of hydrogen-bond donors (Lipinski definition) is 1. The average molecular weight is 247 g/mol. The molecule has 0 saturated heterocycles. The maximum absolute atomic E-state index is 12.3. The zero-order valence-electron chi connectivity index (χ0n) is 11.1. The van der Waals surface area contributed by atoms with Gasteiger partial charge in [0.05, 0.1) is 5.60 Å². The maximum Gasteiger partial charge on any atom is 0.254 e. The second kappa shape index (κ2) is 5.11. The highest BCUT2D eigenvalue weighted by Gasteiger charge is 2.31. The van der Waals surface area contributed by atoms with Crippen molar-refractivity contribution in [2.24, 2.45) is 0 Å². The van der Waals surface area contributed by atoms with Crippen molar-refractivity contribution in [1.82, 2.24) is 4.90 Å². The Hall–Kier alpha value is -1.35. The Balaban J connectivity index is 2.17. The van der Waals surface area contributed by atoms with Crippen LogP contribution in [0.1, 0.15) is 42.6 Å². The van der Waals surface area contributed by atoms with Gasteiger partial charge in [0.2, 0.25) is 0 Å². The normalized spacial score (nSPS) is 15.7. The molecular formula is C15H21NO2. The van der Waals surface area contributed by atoms with Crippen LogP contribution in [-0.4, -0.2) is 34.6 Å². The fourth-order valence-corrected chi connectivity index (χ4v) is 2.45. The van der Waals surface area contributed by atoms with E-state index in [1.165, 1.54) is 0 Å². The lowest BCUT2D eigenvalue weighted by atomic mass is 9.93. The third-order valence-corrected chi connectivity index (χ3v) is 3.99. The largest absolute Gasteiger partial charge is 0.388 e. The van der Waals surface area contributed by atoms with Crippen molar-refractivity contribution in [3.05, 3.63) is 35.4 Å². The van der Waals surface area contributed by atoms with E-state index in [4.69, 9.17) is 0 Å². The molecule has 0 spiro atoms. The summed E-state index contributed by atoms with van der Waals surface area (Å²) in [6.45, 7) is 5.07. The first-order valence-corrected chi connectivity index (χ1v) is 6.69. The third kappa shape index (κ3) is 2.41. The summed E-state index contributed by atoms with van der Waals surface area (Å²) in [7, 11) is 0. The van der Waals surface area contributed by atoms with Gasteiger partial charge in [0, 0.05) is 18.7 Å². The second-order valence-corrected chi connectivity index (χ2v) is 5.07. The minimum Gasteiger partial charge on any atom is -0.388 e. The molecule has 2 rings (SSSR count). The fourth-order valence-electron chi connectivity index (χ4n) is 2.45. The summed E-state index contributed by atoms with van der Waals surface area (Å²) >= 11 is 0. The summed E-state index contributed by atoms with van der Waals surface area (Å²) in [5, 5.41) is 10.4. The molecular weight excluding hydrogens is 226 g/mol. The van der Waals surface area contributed by atoms with Gasteiger partial charge in [0.1, 0.15) is 0 Å². The van der Waals surface area contributed by atoms with Crippen LogP contribution in [0, 0.1) is 0 Å². The number of fused-ring (bicyclic) bond motifs is 1. The molecule has 18 heavy (non-hydrogen) atoms. The minimum atomic E-state index is -0.748. The number of nitrogens with zero attached hydrogens (tertiary/aromatic N) is 1. The molecule has 1 aliphatic rings. The van der Waals surface area contributed by atoms with E-state index in [-0.39, 0.29) is 5.91 Å². The molecule has 0 atom stereocenters. The van der Waals surface area contributed by atoms with Gasteiger partial charge in [-0.25, -0.2) is 0 Å². The third-order valence-electron chi connectivity index (χ3n) is 3.99. The quantitative estimate of drug-likeness (QED) is 0.886. The predicted molar refractivity (Wildman–Crippen MR) is 71.6 cm³/mol. The molecule has 98 valence electrons. The SMILES string of the molecule is CCC(O)(CC)CN1CCc2ccccc2C1=O. The Morgan fingerprint density at radius 2 is 1.94 bits per heavy atom. The van der Waals surface area contributed by atoms with E-state index in [0.29, 0.717) is 25.9 Å². The van der Waals surface area contributed by atoms with Crippen molar-refractivity contribution in [2.75, 3.05) is 13.1 Å². The van der Waals surface area contributed by atoms with Crippen LogP contribution >= 0.6 is 0 Å². The van der Waals surface area contributed by atoms with Crippen molar-refractivity contribution in [3.63, 3.8) is 0 Å². The highest BCUT2D eigenvalue weighted by atomic mass is 16.3. The molecule has 0 aromatic heterocycles. The van der Waals surface area contributed by atoms with Crippen LogP contribution in [0.2, 0.25) is 0 Å². The Kier molecular flexibility index (Phi) is 3.71. The molecule has 3 nitrogen and oxygen atoms in total. The number of benzene rings is 1. The molecule has 1 amide bonds. The number of hydrogen-bond acceptors (Lipinski definition) is 2. The lowest BCUT2D eigenvalue weighted by Crippen LogP contribution is -2.47. The summed E-state index contributed by atoms with van der Waals surface area (Å²) in [6.07, 6.45) is 2.23. The van der Waals surface area contributed by atoms with Crippen molar-refractivity contribution < 1.29 is 9.90 Å². The van der Waals surface area contributed by atoms with E-state index < -0.39 is 5.60 Å². The number of carbonyl (C=O) groups excluding carboxylic acids is 1. The summed E-state index contributed by atoms with van der Waals surface area (Å²) in [5.41, 5.74) is 1.16. The molecule has 1 aliphatic heterocycles. The number of β-amino-alcohol motifs (C(OH)–C–C–N with tert-alkyl or cyclic N) is 1. The van der Waals surface area contributed by atoms with Crippen LogP contribution in [0.15, 0.2) is 24.3 Å². The average Bonchev–Trinajstić information content (AvgIpc) is 2.42. The highest BCUT2D eigenvalue weighted by molar-refractivity contribution is 5.96. The maximum atomic E-state index is 12.3. The van der Waals surface area contributed by atoms with Crippen molar-refractivity contribution >= 4 is 5.91 Å². The lowest BCUT2D eigenvalue weighted by Gasteiger charge is -2.35. The van der Waals surface area contributed by atoms with E-state index in [0.717, 1.165) is 17.5 Å². The van der Waals surface area contributed by atoms with E-state index in [2.05, 4.69) is 0 Å². The molecule has 0 radical (unpaired) electrons. The van der Waals surface area contributed by atoms with E-state index in [1.54, 1.807) is 4.90 Å². The lowest BCUT2D eigenvalue weighted by molar-refractivity contribution is -0.00199. The van der Waals surface area contributed by atoms with Gasteiger partial charge in [0.15, 0.2) is 0 Å². The van der Waals surface area contributed by atoms with Gasteiger partial charge in [-0.15, -0.1) is 0 Å². The van der Waals surface area contributed by atoms with E-state index >= 15 is 0 Å². The molecule has 3 heteroatoms. The van der Waals surface area contributed by atoms with Crippen LogP contribution < -0.4 is 0 Å². The Labute approximate surface area is 108 Å². The molecule has 0 unspecified atom stereocenters. The fraction of sp³-hybridized carbons (Fsp3) is 0.533. The second-order valence-electron chi connectivity index (χ2n) is 5.07. The van der Waals surface area contributed by atoms with Crippen LogP contribution in [0.5, 0.6) is 0 Å². The van der Waals surface area contributed by atoms with Gasteiger partial charge >= 0.3 is 0 Å². The predicted octanol–water partition coefficient (Wildman–Crippen LogP) is 2.24. The Morgan fingerprint density at radius 1 is 1.28 bits per heavy atom. The van der Waals surface area contributed by atoms with Gasteiger partial charge in [-0.05, 0) is 30.9 Å². The van der Waals surface area contributed by atoms with Crippen molar-refractivity contribution in [3.8, 4) is 0 Å². The molecule has 0 saturated carbocycles.